The molecule has 1 aromatic heterocycles. The number of hydrogen-bond donors (Lipinski definition) is 2. The van der Waals surface area contributed by atoms with Crippen molar-refractivity contribution in [1.29, 1.82) is 0 Å². The summed E-state index contributed by atoms with van der Waals surface area (Å²) in [6.45, 7) is 3.65. The highest BCUT2D eigenvalue weighted by Gasteiger charge is 2.11. The molecule has 0 unspecified atom stereocenters. The van der Waals surface area contributed by atoms with Gasteiger partial charge < -0.3 is 5.32 Å². The van der Waals surface area contributed by atoms with E-state index in [0.29, 0.717) is 13.0 Å². The second-order valence-electron chi connectivity index (χ2n) is 3.49. The molecule has 96 valence electrons. The first-order valence-electron chi connectivity index (χ1n) is 5.49. The molecule has 0 amide bonds. The van der Waals surface area contributed by atoms with Crippen LogP contribution in [0.2, 0.25) is 0 Å². The number of anilines is 1. The third-order valence-corrected chi connectivity index (χ3v) is 3.24. The van der Waals surface area contributed by atoms with Crippen LogP contribution in [-0.2, 0) is 10.0 Å². The first-order valence-corrected chi connectivity index (χ1v) is 7.14. The van der Waals surface area contributed by atoms with Gasteiger partial charge in [0.05, 0.1) is 18.1 Å². The van der Waals surface area contributed by atoms with Crippen molar-refractivity contribution in [3.63, 3.8) is 0 Å². The van der Waals surface area contributed by atoms with E-state index < -0.39 is 10.0 Å². The third kappa shape index (κ3) is 6.12. The van der Waals surface area contributed by atoms with Gasteiger partial charge in [-0.05, 0) is 25.9 Å². The van der Waals surface area contributed by atoms with E-state index in [2.05, 4.69) is 32.1 Å². The Balaban J connectivity index is 2.32. The molecule has 0 atom stereocenters. The van der Waals surface area contributed by atoms with Gasteiger partial charge in [-0.3, -0.25) is 0 Å². The summed E-state index contributed by atoms with van der Waals surface area (Å²) in [6, 6.07) is 0. The summed E-state index contributed by atoms with van der Waals surface area (Å²) >= 11 is 0. The van der Waals surface area contributed by atoms with Gasteiger partial charge in [0, 0.05) is 0 Å². The summed E-state index contributed by atoms with van der Waals surface area (Å²) in [5.74, 6) is 0.0520. The van der Waals surface area contributed by atoms with Crippen molar-refractivity contribution in [1.82, 2.24) is 20.5 Å². The first-order chi connectivity index (χ1) is 8.14. The standard InChI is InChI=1S/C9H17N5O2S/c1-2-4-10-5-3-8-17(15,16)14-9-11-6-7-12-13-9/h6-7,10H,2-5,8H2,1H3,(H,11,13,14). The minimum atomic E-state index is -3.38. The van der Waals surface area contributed by atoms with Crippen LogP contribution in [0.4, 0.5) is 5.95 Å². The van der Waals surface area contributed by atoms with Crippen LogP contribution < -0.4 is 10.0 Å². The van der Waals surface area contributed by atoms with Gasteiger partial charge in [0.2, 0.25) is 10.0 Å². The highest BCUT2D eigenvalue weighted by Crippen LogP contribution is 1.99. The van der Waals surface area contributed by atoms with Crippen molar-refractivity contribution in [3.8, 4) is 0 Å². The van der Waals surface area contributed by atoms with E-state index in [9.17, 15) is 8.42 Å². The Labute approximate surface area is 101 Å². The number of rotatable bonds is 8. The molecule has 0 aliphatic rings. The maximum Gasteiger partial charge on any atom is 0.256 e. The molecule has 0 radical (unpaired) electrons. The molecule has 0 saturated heterocycles. The van der Waals surface area contributed by atoms with Gasteiger partial charge in [-0.1, -0.05) is 6.92 Å². The molecule has 1 heterocycles. The molecular formula is C9H17N5O2S. The van der Waals surface area contributed by atoms with E-state index in [1.807, 2.05) is 0 Å². The molecule has 2 N–H and O–H groups in total. The molecule has 0 aromatic carbocycles. The fraction of sp³-hybridized carbons (Fsp3) is 0.667. The monoisotopic (exact) mass is 259 g/mol. The van der Waals surface area contributed by atoms with Crippen LogP contribution in [-0.4, -0.2) is 42.4 Å². The quantitative estimate of drug-likeness (QED) is 0.638. The van der Waals surface area contributed by atoms with E-state index in [1.165, 1.54) is 12.4 Å². The largest absolute Gasteiger partial charge is 0.317 e. The Morgan fingerprint density at radius 1 is 1.29 bits per heavy atom. The Morgan fingerprint density at radius 3 is 2.76 bits per heavy atom. The minimum Gasteiger partial charge on any atom is -0.317 e. The molecule has 0 bridgehead atoms. The molecule has 7 nitrogen and oxygen atoms in total. The number of nitrogens with one attached hydrogen (secondary N) is 2. The molecule has 8 heteroatoms. The van der Waals surface area contributed by atoms with E-state index in [1.54, 1.807) is 0 Å². The molecule has 1 rings (SSSR count). The number of hydrogen-bond acceptors (Lipinski definition) is 6. The summed E-state index contributed by atoms with van der Waals surface area (Å²) < 4.78 is 25.4. The molecule has 0 aliphatic carbocycles. The SMILES string of the molecule is CCCNCCCS(=O)(=O)Nc1nccnn1. The lowest BCUT2D eigenvalue weighted by Crippen LogP contribution is -2.23. The van der Waals surface area contributed by atoms with Gasteiger partial charge in [0.25, 0.3) is 5.95 Å². The van der Waals surface area contributed by atoms with Crippen LogP contribution in [0.5, 0.6) is 0 Å². The van der Waals surface area contributed by atoms with E-state index in [-0.39, 0.29) is 11.7 Å². The van der Waals surface area contributed by atoms with E-state index in [4.69, 9.17) is 0 Å². The summed E-state index contributed by atoms with van der Waals surface area (Å²) in [7, 11) is -3.38. The number of nitrogens with zero attached hydrogens (tertiary/aromatic N) is 3. The van der Waals surface area contributed by atoms with Crippen molar-refractivity contribution >= 4 is 16.0 Å². The Hall–Kier alpha value is -1.28. The smallest absolute Gasteiger partial charge is 0.256 e. The third-order valence-electron chi connectivity index (χ3n) is 1.92. The van der Waals surface area contributed by atoms with Crippen LogP contribution in [0.1, 0.15) is 19.8 Å². The fourth-order valence-electron chi connectivity index (χ4n) is 1.17. The van der Waals surface area contributed by atoms with Crippen LogP contribution in [0.3, 0.4) is 0 Å². The summed E-state index contributed by atoms with van der Waals surface area (Å²) in [4.78, 5) is 3.74. The van der Waals surface area contributed by atoms with E-state index in [0.717, 1.165) is 13.0 Å². The van der Waals surface area contributed by atoms with Gasteiger partial charge in [-0.25, -0.2) is 18.1 Å². The van der Waals surface area contributed by atoms with Crippen molar-refractivity contribution in [3.05, 3.63) is 12.4 Å². The molecule has 0 spiro atoms. The van der Waals surface area contributed by atoms with Gasteiger partial charge in [0.15, 0.2) is 0 Å². The highest BCUT2D eigenvalue weighted by molar-refractivity contribution is 7.92. The normalized spacial score (nSPS) is 11.4. The molecule has 0 saturated carbocycles. The molecule has 0 aliphatic heterocycles. The van der Waals surface area contributed by atoms with Gasteiger partial charge in [0.1, 0.15) is 0 Å². The topological polar surface area (TPSA) is 96.9 Å². The van der Waals surface area contributed by atoms with Crippen molar-refractivity contribution in [2.75, 3.05) is 23.6 Å². The zero-order valence-electron chi connectivity index (χ0n) is 9.76. The highest BCUT2D eigenvalue weighted by atomic mass is 32.2. The average molecular weight is 259 g/mol. The van der Waals surface area contributed by atoms with Crippen LogP contribution in [0.15, 0.2) is 12.4 Å². The first kappa shape index (κ1) is 13.8. The predicted molar refractivity (Wildman–Crippen MR) is 65.0 cm³/mol. The van der Waals surface area contributed by atoms with Crippen LogP contribution >= 0.6 is 0 Å². The second kappa shape index (κ2) is 7.13. The lowest BCUT2D eigenvalue weighted by Gasteiger charge is -2.06. The Kier molecular flexibility index (Phi) is 5.78. The lowest BCUT2D eigenvalue weighted by atomic mass is 10.4. The maximum absolute atomic E-state index is 11.6. The zero-order valence-corrected chi connectivity index (χ0v) is 10.6. The van der Waals surface area contributed by atoms with Crippen LogP contribution in [0.25, 0.3) is 0 Å². The van der Waals surface area contributed by atoms with Crippen molar-refractivity contribution < 1.29 is 8.42 Å². The number of sulfonamides is 1. The summed E-state index contributed by atoms with van der Waals surface area (Å²) in [6.07, 6.45) is 4.35. The minimum absolute atomic E-state index is 0.00835. The Morgan fingerprint density at radius 2 is 2.12 bits per heavy atom. The van der Waals surface area contributed by atoms with Gasteiger partial charge >= 0.3 is 0 Å². The number of aromatic nitrogens is 3. The molecule has 1 aromatic rings. The molecule has 17 heavy (non-hydrogen) atoms. The van der Waals surface area contributed by atoms with Gasteiger partial charge in [-0.15, -0.1) is 5.10 Å². The molecular weight excluding hydrogens is 242 g/mol. The summed E-state index contributed by atoms with van der Waals surface area (Å²) in [5.41, 5.74) is 0. The Bertz CT molecular complexity index is 409. The van der Waals surface area contributed by atoms with Gasteiger partial charge in [-0.2, -0.15) is 5.10 Å². The fourth-order valence-corrected chi connectivity index (χ4v) is 2.17. The second-order valence-corrected chi connectivity index (χ2v) is 5.33. The van der Waals surface area contributed by atoms with Crippen molar-refractivity contribution in [2.24, 2.45) is 0 Å². The predicted octanol–water partition coefficient (Wildman–Crippen LogP) is 0.00300. The summed E-state index contributed by atoms with van der Waals surface area (Å²) in [5, 5.41) is 10.2. The molecule has 0 fully saturated rings. The lowest BCUT2D eigenvalue weighted by molar-refractivity contribution is 0.592. The zero-order chi connectivity index (χ0) is 12.6. The van der Waals surface area contributed by atoms with Crippen molar-refractivity contribution in [2.45, 2.75) is 19.8 Å². The van der Waals surface area contributed by atoms with E-state index >= 15 is 0 Å². The average Bonchev–Trinajstić information content (AvgIpc) is 2.29. The maximum atomic E-state index is 11.6. The van der Waals surface area contributed by atoms with Crippen LogP contribution in [0, 0.1) is 0 Å².